The van der Waals surface area contributed by atoms with Crippen molar-refractivity contribution >= 4 is 21.9 Å². The van der Waals surface area contributed by atoms with E-state index in [1.165, 1.54) is 5.56 Å². The van der Waals surface area contributed by atoms with Gasteiger partial charge in [-0.15, -0.1) is 0 Å². The minimum Gasteiger partial charge on any atom is -0.496 e. The van der Waals surface area contributed by atoms with E-state index in [1.807, 2.05) is 30.3 Å². The fourth-order valence-electron chi connectivity index (χ4n) is 3.56. The zero-order chi connectivity index (χ0) is 17.8. The summed E-state index contributed by atoms with van der Waals surface area (Å²) in [5.41, 5.74) is 2.28. The number of piperidine rings is 1. The zero-order valence-electron chi connectivity index (χ0n) is 14.2. The highest BCUT2D eigenvalue weighted by molar-refractivity contribution is 9.10. The molecule has 1 unspecified atom stereocenters. The molecule has 1 aliphatic heterocycles. The highest BCUT2D eigenvalue weighted by Gasteiger charge is 2.31. The summed E-state index contributed by atoms with van der Waals surface area (Å²) in [6, 6.07) is 16.4. The lowest BCUT2D eigenvalue weighted by Crippen LogP contribution is -2.39. The summed E-state index contributed by atoms with van der Waals surface area (Å²) < 4.78 is 6.63. The fourth-order valence-corrected chi connectivity index (χ4v) is 3.98. The predicted octanol–water partition coefficient (Wildman–Crippen LogP) is 4.34. The van der Waals surface area contributed by atoms with Gasteiger partial charge in [0.25, 0.3) is 0 Å². The van der Waals surface area contributed by atoms with Crippen LogP contribution in [0.5, 0.6) is 5.75 Å². The second kappa shape index (κ2) is 8.02. The number of benzene rings is 2. The van der Waals surface area contributed by atoms with Crippen LogP contribution in [0.4, 0.5) is 0 Å². The van der Waals surface area contributed by atoms with Crippen molar-refractivity contribution in [2.45, 2.75) is 18.9 Å². The van der Waals surface area contributed by atoms with Gasteiger partial charge >= 0.3 is 5.97 Å². The van der Waals surface area contributed by atoms with Crippen molar-refractivity contribution in [2.24, 2.45) is 5.92 Å². The van der Waals surface area contributed by atoms with Crippen LogP contribution in [-0.2, 0) is 4.79 Å². The molecule has 0 aromatic heterocycles. The average Bonchev–Trinajstić information content (AvgIpc) is 2.63. The molecule has 25 heavy (non-hydrogen) atoms. The van der Waals surface area contributed by atoms with Gasteiger partial charge < -0.3 is 9.84 Å². The lowest BCUT2D eigenvalue weighted by Gasteiger charge is -2.37. The van der Waals surface area contributed by atoms with E-state index in [0.717, 1.165) is 28.9 Å². The first-order valence-corrected chi connectivity index (χ1v) is 9.24. The Morgan fingerprint density at radius 2 is 1.92 bits per heavy atom. The first kappa shape index (κ1) is 18.0. The number of rotatable bonds is 5. The van der Waals surface area contributed by atoms with Gasteiger partial charge in [0.15, 0.2) is 0 Å². The Hall–Kier alpha value is -1.85. The molecule has 0 saturated carbocycles. The molecule has 1 saturated heterocycles. The standard InChI is InChI=1S/C20H22BrNO3/c1-25-18-8-3-2-7-17(18)19(15-5-4-6-16(21)13-15)22-11-9-14(10-12-22)20(23)24/h2-8,13-14,19H,9-12H2,1H3,(H,23,24). The van der Waals surface area contributed by atoms with Crippen LogP contribution in [0.3, 0.4) is 0 Å². The molecule has 1 atom stereocenters. The van der Waals surface area contributed by atoms with E-state index in [2.05, 4.69) is 39.0 Å². The summed E-state index contributed by atoms with van der Waals surface area (Å²) in [6.07, 6.45) is 1.35. The van der Waals surface area contributed by atoms with Crippen LogP contribution in [0.2, 0.25) is 0 Å². The van der Waals surface area contributed by atoms with Crippen molar-refractivity contribution in [1.82, 2.24) is 4.90 Å². The maximum absolute atomic E-state index is 11.3. The Morgan fingerprint density at radius 3 is 2.56 bits per heavy atom. The second-order valence-electron chi connectivity index (χ2n) is 6.35. The molecule has 3 rings (SSSR count). The number of halogens is 1. The number of likely N-dealkylation sites (tertiary alicyclic amines) is 1. The van der Waals surface area contributed by atoms with Gasteiger partial charge in [0.1, 0.15) is 5.75 Å². The van der Waals surface area contributed by atoms with Gasteiger partial charge in [-0.25, -0.2) is 0 Å². The number of carboxylic acid groups (broad SMARTS) is 1. The lowest BCUT2D eigenvalue weighted by atomic mass is 9.91. The van der Waals surface area contributed by atoms with Gasteiger partial charge in [0, 0.05) is 10.0 Å². The Balaban J connectivity index is 1.97. The molecule has 1 fully saturated rings. The Kier molecular flexibility index (Phi) is 5.76. The van der Waals surface area contributed by atoms with E-state index in [1.54, 1.807) is 7.11 Å². The molecule has 0 spiro atoms. The van der Waals surface area contributed by atoms with Crippen LogP contribution in [0, 0.1) is 5.92 Å². The molecule has 2 aromatic carbocycles. The summed E-state index contributed by atoms with van der Waals surface area (Å²) in [6.45, 7) is 1.51. The minimum absolute atomic E-state index is 0.0448. The highest BCUT2D eigenvalue weighted by atomic mass is 79.9. The number of methoxy groups -OCH3 is 1. The van der Waals surface area contributed by atoms with Gasteiger partial charge in [0.05, 0.1) is 19.1 Å². The van der Waals surface area contributed by atoms with E-state index in [-0.39, 0.29) is 12.0 Å². The highest BCUT2D eigenvalue weighted by Crippen LogP contribution is 2.37. The number of carboxylic acids is 1. The number of hydrogen-bond donors (Lipinski definition) is 1. The molecule has 1 aliphatic rings. The third-order valence-electron chi connectivity index (χ3n) is 4.84. The van der Waals surface area contributed by atoms with Crippen molar-refractivity contribution in [3.05, 3.63) is 64.1 Å². The van der Waals surface area contributed by atoms with E-state index >= 15 is 0 Å². The molecule has 0 amide bonds. The van der Waals surface area contributed by atoms with Crippen LogP contribution in [0.15, 0.2) is 53.0 Å². The Labute approximate surface area is 156 Å². The first-order valence-electron chi connectivity index (χ1n) is 8.45. The van der Waals surface area contributed by atoms with E-state index in [4.69, 9.17) is 4.74 Å². The molecular formula is C20H22BrNO3. The van der Waals surface area contributed by atoms with E-state index < -0.39 is 5.97 Å². The van der Waals surface area contributed by atoms with Crippen molar-refractivity contribution in [3.8, 4) is 5.75 Å². The second-order valence-corrected chi connectivity index (χ2v) is 7.26. The van der Waals surface area contributed by atoms with Crippen LogP contribution in [-0.4, -0.2) is 36.2 Å². The molecule has 132 valence electrons. The molecule has 1 heterocycles. The molecular weight excluding hydrogens is 382 g/mol. The van der Waals surface area contributed by atoms with Gasteiger partial charge in [0.2, 0.25) is 0 Å². The van der Waals surface area contributed by atoms with Gasteiger partial charge in [-0.05, 0) is 49.7 Å². The summed E-state index contributed by atoms with van der Waals surface area (Å²) in [4.78, 5) is 13.6. The predicted molar refractivity (Wildman–Crippen MR) is 101 cm³/mol. The van der Waals surface area contributed by atoms with Crippen molar-refractivity contribution in [1.29, 1.82) is 0 Å². The largest absolute Gasteiger partial charge is 0.496 e. The third-order valence-corrected chi connectivity index (χ3v) is 5.34. The summed E-state index contributed by atoms with van der Waals surface area (Å²) in [5.74, 6) is -0.0686. The smallest absolute Gasteiger partial charge is 0.306 e. The lowest BCUT2D eigenvalue weighted by molar-refractivity contribution is -0.143. The van der Waals surface area contributed by atoms with Gasteiger partial charge in [-0.3, -0.25) is 9.69 Å². The first-order chi connectivity index (χ1) is 12.1. The van der Waals surface area contributed by atoms with Crippen LogP contribution >= 0.6 is 15.9 Å². The monoisotopic (exact) mass is 403 g/mol. The van der Waals surface area contributed by atoms with Crippen LogP contribution in [0.1, 0.15) is 30.0 Å². The molecule has 0 radical (unpaired) electrons. The maximum atomic E-state index is 11.3. The van der Waals surface area contributed by atoms with E-state index in [0.29, 0.717) is 12.8 Å². The SMILES string of the molecule is COc1ccccc1C(c1cccc(Br)c1)N1CCC(C(=O)O)CC1. The number of nitrogens with zero attached hydrogens (tertiary/aromatic N) is 1. The molecule has 5 heteroatoms. The number of hydrogen-bond acceptors (Lipinski definition) is 3. The summed E-state index contributed by atoms with van der Waals surface area (Å²) >= 11 is 3.56. The van der Waals surface area contributed by atoms with Crippen LogP contribution in [0.25, 0.3) is 0 Å². The quantitative estimate of drug-likeness (QED) is 0.806. The molecule has 4 nitrogen and oxygen atoms in total. The molecule has 0 bridgehead atoms. The molecule has 1 N–H and O–H groups in total. The van der Waals surface area contributed by atoms with Crippen molar-refractivity contribution in [2.75, 3.05) is 20.2 Å². The topological polar surface area (TPSA) is 49.8 Å². The number of para-hydroxylation sites is 1. The summed E-state index contributed by atoms with van der Waals surface area (Å²) in [5, 5.41) is 9.27. The van der Waals surface area contributed by atoms with Crippen molar-refractivity contribution in [3.63, 3.8) is 0 Å². The normalized spacial score (nSPS) is 17.2. The summed E-state index contributed by atoms with van der Waals surface area (Å²) in [7, 11) is 1.69. The van der Waals surface area contributed by atoms with Crippen LogP contribution < -0.4 is 4.74 Å². The zero-order valence-corrected chi connectivity index (χ0v) is 15.8. The van der Waals surface area contributed by atoms with Gasteiger partial charge in [-0.2, -0.15) is 0 Å². The number of aliphatic carboxylic acids is 1. The minimum atomic E-state index is -0.684. The number of ether oxygens (including phenoxy) is 1. The van der Waals surface area contributed by atoms with Gasteiger partial charge in [-0.1, -0.05) is 46.3 Å². The third kappa shape index (κ3) is 4.05. The van der Waals surface area contributed by atoms with E-state index in [9.17, 15) is 9.90 Å². The maximum Gasteiger partial charge on any atom is 0.306 e. The van der Waals surface area contributed by atoms with Crippen molar-refractivity contribution < 1.29 is 14.6 Å². The molecule has 2 aromatic rings. The average molecular weight is 404 g/mol. The Bertz CT molecular complexity index is 741. The fraction of sp³-hybridized carbons (Fsp3) is 0.350. The molecule has 0 aliphatic carbocycles. The Morgan fingerprint density at radius 1 is 1.20 bits per heavy atom. The number of carbonyl (C=O) groups is 1.